The lowest BCUT2D eigenvalue weighted by Gasteiger charge is -2.07. The highest BCUT2D eigenvalue weighted by Crippen LogP contribution is 2.25. The number of aromatic nitrogens is 8. The van der Waals surface area contributed by atoms with Crippen molar-refractivity contribution in [2.75, 3.05) is 11.5 Å². The lowest BCUT2D eigenvalue weighted by atomic mass is 10.3. The van der Waals surface area contributed by atoms with E-state index in [9.17, 15) is 0 Å². The van der Waals surface area contributed by atoms with Gasteiger partial charge in [-0.1, -0.05) is 0 Å². The quantitative estimate of drug-likeness (QED) is 0.611. The van der Waals surface area contributed by atoms with Crippen LogP contribution in [0.4, 0.5) is 11.6 Å². The van der Waals surface area contributed by atoms with E-state index in [1.165, 1.54) is 25.3 Å². The van der Waals surface area contributed by atoms with E-state index in [-0.39, 0.29) is 23.0 Å². The van der Waals surface area contributed by atoms with Gasteiger partial charge in [0.2, 0.25) is 0 Å². The summed E-state index contributed by atoms with van der Waals surface area (Å²) in [6.07, 6.45) is 5.34. The first-order valence-corrected chi connectivity index (χ1v) is 5.43. The van der Waals surface area contributed by atoms with Crippen LogP contribution in [0.25, 0.3) is 23.0 Å². The molecule has 0 aromatic carbocycles. The molecule has 0 aliphatic carbocycles. The Labute approximate surface area is 112 Å². The van der Waals surface area contributed by atoms with Gasteiger partial charge in [-0.2, -0.15) is 0 Å². The fourth-order valence-corrected chi connectivity index (χ4v) is 1.51. The van der Waals surface area contributed by atoms with Gasteiger partial charge in [0.25, 0.3) is 0 Å². The molecule has 3 rings (SSSR count). The van der Waals surface area contributed by atoms with Gasteiger partial charge >= 0.3 is 0 Å². The smallest absolute Gasteiger partial charge is 0.185 e. The largest absolute Gasteiger partial charge is 0.382 e. The van der Waals surface area contributed by atoms with Crippen LogP contribution < -0.4 is 11.5 Å². The third kappa shape index (κ3) is 2.05. The molecule has 10 heteroatoms. The molecule has 3 aromatic heterocycles. The van der Waals surface area contributed by atoms with E-state index in [4.69, 9.17) is 11.5 Å². The molecule has 3 heterocycles. The first-order valence-electron chi connectivity index (χ1n) is 5.43. The van der Waals surface area contributed by atoms with Crippen LogP contribution in [0.1, 0.15) is 0 Å². The summed E-state index contributed by atoms with van der Waals surface area (Å²) in [6.45, 7) is 0. The summed E-state index contributed by atoms with van der Waals surface area (Å²) in [7, 11) is 0. The lowest BCUT2D eigenvalue weighted by Crippen LogP contribution is -2.07. The Bertz CT molecular complexity index is 669. The molecular weight excluding hydrogens is 260 g/mol. The van der Waals surface area contributed by atoms with Crippen molar-refractivity contribution >= 4 is 11.6 Å². The standard InChI is InChI=1S/C10H8N10/c11-7-5(9-15-1-13-2-16-9)19-6(8(12)20-7)10-17-3-14-4-18-10/h1-4H,(H4,11,12,20). The summed E-state index contributed by atoms with van der Waals surface area (Å²) in [5, 5.41) is 0. The van der Waals surface area contributed by atoms with Crippen molar-refractivity contribution in [2.45, 2.75) is 0 Å². The molecule has 0 fully saturated rings. The van der Waals surface area contributed by atoms with Crippen molar-refractivity contribution in [3.05, 3.63) is 25.3 Å². The number of anilines is 2. The molecule has 20 heavy (non-hydrogen) atoms. The predicted molar refractivity (Wildman–Crippen MR) is 68.5 cm³/mol. The van der Waals surface area contributed by atoms with Crippen molar-refractivity contribution in [1.82, 2.24) is 39.9 Å². The van der Waals surface area contributed by atoms with Crippen LogP contribution in [0.5, 0.6) is 0 Å². The van der Waals surface area contributed by atoms with Gasteiger partial charge in [-0.05, 0) is 0 Å². The summed E-state index contributed by atoms with van der Waals surface area (Å²) < 4.78 is 0. The van der Waals surface area contributed by atoms with Crippen LogP contribution in [0.3, 0.4) is 0 Å². The zero-order valence-corrected chi connectivity index (χ0v) is 10.0. The zero-order valence-electron chi connectivity index (χ0n) is 10.0. The maximum atomic E-state index is 5.79. The summed E-state index contributed by atoms with van der Waals surface area (Å²) in [5.41, 5.74) is 12.2. The topological polar surface area (TPSA) is 155 Å². The van der Waals surface area contributed by atoms with Crippen LogP contribution in [-0.2, 0) is 0 Å². The number of hydrogen-bond acceptors (Lipinski definition) is 10. The third-order valence-electron chi connectivity index (χ3n) is 2.36. The van der Waals surface area contributed by atoms with Crippen LogP contribution in [-0.4, -0.2) is 39.9 Å². The number of nitrogens with two attached hydrogens (primary N) is 2. The SMILES string of the molecule is Nc1nc(N)c(-c2ncncn2)nc1-c1ncncn1. The van der Waals surface area contributed by atoms with E-state index in [0.29, 0.717) is 11.6 Å². The summed E-state index contributed by atoms with van der Waals surface area (Å²) >= 11 is 0. The van der Waals surface area contributed by atoms with Crippen molar-refractivity contribution in [2.24, 2.45) is 0 Å². The Balaban J connectivity index is 2.19. The molecule has 0 saturated carbocycles. The second-order valence-electron chi connectivity index (χ2n) is 3.61. The molecule has 0 radical (unpaired) electrons. The molecule has 0 aliphatic rings. The summed E-state index contributed by atoms with van der Waals surface area (Å²) in [4.78, 5) is 31.7. The Kier molecular flexibility index (Phi) is 2.80. The molecule has 0 spiro atoms. The normalized spacial score (nSPS) is 10.4. The minimum absolute atomic E-state index is 0.117. The lowest BCUT2D eigenvalue weighted by molar-refractivity contribution is 1.02. The number of nitrogen functional groups attached to an aromatic ring is 2. The van der Waals surface area contributed by atoms with E-state index in [0.717, 1.165) is 0 Å². The molecule has 0 amide bonds. The molecule has 10 nitrogen and oxygen atoms in total. The molecule has 0 atom stereocenters. The van der Waals surface area contributed by atoms with Gasteiger partial charge in [0, 0.05) is 0 Å². The van der Waals surface area contributed by atoms with Crippen LogP contribution in [0, 0.1) is 0 Å². The van der Waals surface area contributed by atoms with Gasteiger partial charge in [-0.25, -0.2) is 39.9 Å². The van der Waals surface area contributed by atoms with E-state index >= 15 is 0 Å². The van der Waals surface area contributed by atoms with Gasteiger partial charge in [-0.3, -0.25) is 0 Å². The second kappa shape index (κ2) is 4.76. The van der Waals surface area contributed by atoms with E-state index < -0.39 is 0 Å². The number of hydrogen-bond donors (Lipinski definition) is 2. The average molecular weight is 268 g/mol. The van der Waals surface area contributed by atoms with E-state index in [1.807, 2.05) is 0 Å². The molecule has 0 unspecified atom stereocenters. The summed E-state index contributed by atoms with van der Waals surface area (Å²) in [6, 6.07) is 0. The van der Waals surface area contributed by atoms with Gasteiger partial charge < -0.3 is 11.5 Å². The van der Waals surface area contributed by atoms with Crippen molar-refractivity contribution in [1.29, 1.82) is 0 Å². The van der Waals surface area contributed by atoms with Crippen LogP contribution in [0.15, 0.2) is 25.3 Å². The maximum Gasteiger partial charge on any atom is 0.185 e. The highest BCUT2D eigenvalue weighted by atomic mass is 15.1. The van der Waals surface area contributed by atoms with Crippen molar-refractivity contribution < 1.29 is 0 Å². The molecule has 98 valence electrons. The Morgan fingerprint density at radius 2 is 1.00 bits per heavy atom. The van der Waals surface area contributed by atoms with E-state index in [2.05, 4.69) is 39.9 Å². The molecule has 0 saturated heterocycles. The minimum atomic E-state index is 0.117. The minimum Gasteiger partial charge on any atom is -0.382 e. The Morgan fingerprint density at radius 1 is 0.600 bits per heavy atom. The molecule has 3 aromatic rings. The Morgan fingerprint density at radius 3 is 1.40 bits per heavy atom. The average Bonchev–Trinajstić information content (AvgIpc) is 2.49. The Hall–Kier alpha value is -3.30. The fraction of sp³-hybridized carbons (Fsp3) is 0. The van der Waals surface area contributed by atoms with Gasteiger partial charge in [0.05, 0.1) is 0 Å². The first-order chi connectivity index (χ1) is 9.75. The monoisotopic (exact) mass is 268 g/mol. The third-order valence-corrected chi connectivity index (χ3v) is 2.36. The predicted octanol–water partition coefficient (Wildman–Crippen LogP) is -0.655. The van der Waals surface area contributed by atoms with Gasteiger partial charge in [-0.15, -0.1) is 0 Å². The highest BCUT2D eigenvalue weighted by Gasteiger charge is 2.16. The fourth-order valence-electron chi connectivity index (χ4n) is 1.51. The van der Waals surface area contributed by atoms with E-state index in [1.54, 1.807) is 0 Å². The first kappa shape index (κ1) is 11.8. The summed E-state index contributed by atoms with van der Waals surface area (Å²) in [5.74, 6) is 0.818. The molecule has 4 N–H and O–H groups in total. The molecule has 0 aliphatic heterocycles. The maximum absolute atomic E-state index is 5.79. The van der Waals surface area contributed by atoms with Crippen LogP contribution >= 0.6 is 0 Å². The number of rotatable bonds is 2. The second-order valence-corrected chi connectivity index (χ2v) is 3.61. The van der Waals surface area contributed by atoms with Gasteiger partial charge in [0.15, 0.2) is 34.7 Å². The van der Waals surface area contributed by atoms with Gasteiger partial charge in [0.1, 0.15) is 25.3 Å². The zero-order chi connectivity index (χ0) is 13.9. The van der Waals surface area contributed by atoms with Crippen molar-refractivity contribution in [3.63, 3.8) is 0 Å². The van der Waals surface area contributed by atoms with Crippen LogP contribution in [0.2, 0.25) is 0 Å². The highest BCUT2D eigenvalue weighted by molar-refractivity contribution is 5.73. The number of nitrogens with zero attached hydrogens (tertiary/aromatic N) is 8. The molecule has 0 bridgehead atoms. The van der Waals surface area contributed by atoms with Crippen molar-refractivity contribution in [3.8, 4) is 23.0 Å². The molecular formula is C10H8N10.